The van der Waals surface area contributed by atoms with E-state index in [2.05, 4.69) is 16.7 Å². The summed E-state index contributed by atoms with van der Waals surface area (Å²) >= 11 is 0. The van der Waals surface area contributed by atoms with Gasteiger partial charge < -0.3 is 10.6 Å². The van der Waals surface area contributed by atoms with E-state index in [4.69, 9.17) is 5.26 Å². The highest BCUT2D eigenvalue weighted by atomic mass is 16.1. The molecule has 0 heterocycles. The van der Waals surface area contributed by atoms with Gasteiger partial charge in [0, 0.05) is 19.3 Å². The first kappa shape index (κ1) is 14.6. The van der Waals surface area contributed by atoms with Gasteiger partial charge in [0.25, 0.3) is 5.91 Å². The Balaban J connectivity index is 2.06. The normalized spacial score (nSPS) is 9.76. The number of nitrogens with one attached hydrogen (secondary N) is 2. The van der Waals surface area contributed by atoms with Crippen molar-refractivity contribution in [2.24, 2.45) is 0 Å². The highest BCUT2D eigenvalue weighted by Gasteiger charge is 2.10. The Morgan fingerprint density at radius 3 is 2.52 bits per heavy atom. The smallest absolute Gasteiger partial charge is 0.253 e. The molecule has 0 spiro atoms. The standard InChI is InChI=1S/C17H17N3O/c1-12-3-8-15(16(9-12)19-2)17(21)20-11-14-6-4-13(10-18)5-7-14/h3-9,19H,11H2,1-2H3,(H,20,21). The summed E-state index contributed by atoms with van der Waals surface area (Å²) in [6.07, 6.45) is 0. The number of carbonyl (C=O) groups is 1. The molecule has 4 nitrogen and oxygen atoms in total. The Hall–Kier alpha value is -2.80. The van der Waals surface area contributed by atoms with E-state index in [1.54, 1.807) is 19.2 Å². The molecule has 4 heteroatoms. The van der Waals surface area contributed by atoms with Crippen LogP contribution in [0.4, 0.5) is 5.69 Å². The fourth-order valence-electron chi connectivity index (χ4n) is 2.04. The lowest BCUT2D eigenvalue weighted by Gasteiger charge is -2.11. The molecule has 0 aliphatic carbocycles. The summed E-state index contributed by atoms with van der Waals surface area (Å²) in [7, 11) is 1.80. The van der Waals surface area contributed by atoms with Crippen molar-refractivity contribution in [2.45, 2.75) is 13.5 Å². The quantitative estimate of drug-likeness (QED) is 0.904. The van der Waals surface area contributed by atoms with Crippen molar-refractivity contribution < 1.29 is 4.79 Å². The average Bonchev–Trinajstić information content (AvgIpc) is 2.52. The number of anilines is 1. The second-order valence-electron chi connectivity index (χ2n) is 4.79. The first-order chi connectivity index (χ1) is 10.1. The van der Waals surface area contributed by atoms with Gasteiger partial charge in [0.15, 0.2) is 0 Å². The van der Waals surface area contributed by atoms with Crippen molar-refractivity contribution in [1.82, 2.24) is 5.32 Å². The fraction of sp³-hybridized carbons (Fsp3) is 0.176. The molecular weight excluding hydrogens is 262 g/mol. The molecule has 0 fully saturated rings. The van der Waals surface area contributed by atoms with E-state index < -0.39 is 0 Å². The minimum atomic E-state index is -0.122. The highest BCUT2D eigenvalue weighted by Crippen LogP contribution is 2.17. The first-order valence-electron chi connectivity index (χ1n) is 6.69. The van der Waals surface area contributed by atoms with Gasteiger partial charge in [-0.3, -0.25) is 4.79 Å². The van der Waals surface area contributed by atoms with Gasteiger partial charge in [-0.2, -0.15) is 5.26 Å². The zero-order valence-corrected chi connectivity index (χ0v) is 12.1. The molecule has 0 radical (unpaired) electrons. The van der Waals surface area contributed by atoms with Crippen molar-refractivity contribution in [3.8, 4) is 6.07 Å². The zero-order valence-electron chi connectivity index (χ0n) is 12.1. The molecule has 0 saturated heterocycles. The molecule has 0 aliphatic rings. The van der Waals surface area contributed by atoms with E-state index in [1.807, 2.05) is 37.3 Å². The van der Waals surface area contributed by atoms with Crippen LogP contribution in [0, 0.1) is 18.3 Å². The maximum Gasteiger partial charge on any atom is 0.253 e. The molecule has 2 rings (SSSR count). The monoisotopic (exact) mass is 279 g/mol. The number of nitrogens with zero attached hydrogens (tertiary/aromatic N) is 1. The van der Waals surface area contributed by atoms with Crippen LogP contribution in [0.3, 0.4) is 0 Å². The van der Waals surface area contributed by atoms with Gasteiger partial charge in [-0.25, -0.2) is 0 Å². The van der Waals surface area contributed by atoms with Crippen LogP contribution in [0.25, 0.3) is 0 Å². The molecule has 0 atom stereocenters. The molecule has 2 aromatic rings. The third-order valence-corrected chi connectivity index (χ3v) is 3.23. The Bertz CT molecular complexity index is 684. The van der Waals surface area contributed by atoms with Crippen LogP contribution in [-0.2, 0) is 6.54 Å². The molecule has 0 aliphatic heterocycles. The third kappa shape index (κ3) is 3.61. The molecule has 2 N–H and O–H groups in total. The molecule has 106 valence electrons. The number of carbonyl (C=O) groups excluding carboxylic acids is 1. The predicted molar refractivity (Wildman–Crippen MR) is 83.1 cm³/mol. The van der Waals surface area contributed by atoms with Gasteiger partial charge in [-0.1, -0.05) is 18.2 Å². The minimum absolute atomic E-state index is 0.122. The second-order valence-corrected chi connectivity index (χ2v) is 4.79. The summed E-state index contributed by atoms with van der Waals surface area (Å²) in [4.78, 5) is 12.2. The van der Waals surface area contributed by atoms with Gasteiger partial charge in [0.05, 0.1) is 17.2 Å². The predicted octanol–water partition coefficient (Wildman–Crippen LogP) is 2.84. The van der Waals surface area contributed by atoms with E-state index in [1.165, 1.54) is 0 Å². The molecule has 21 heavy (non-hydrogen) atoms. The largest absolute Gasteiger partial charge is 0.387 e. The van der Waals surface area contributed by atoms with Crippen LogP contribution >= 0.6 is 0 Å². The van der Waals surface area contributed by atoms with Crippen LogP contribution in [0.15, 0.2) is 42.5 Å². The lowest BCUT2D eigenvalue weighted by atomic mass is 10.1. The van der Waals surface area contributed by atoms with Gasteiger partial charge in [-0.15, -0.1) is 0 Å². The van der Waals surface area contributed by atoms with Crippen LogP contribution in [0.2, 0.25) is 0 Å². The van der Waals surface area contributed by atoms with Crippen molar-refractivity contribution >= 4 is 11.6 Å². The summed E-state index contributed by atoms with van der Waals surface area (Å²) in [6.45, 7) is 2.42. The van der Waals surface area contributed by atoms with Gasteiger partial charge >= 0.3 is 0 Å². The number of hydrogen-bond donors (Lipinski definition) is 2. The second kappa shape index (κ2) is 6.58. The average molecular weight is 279 g/mol. The molecular formula is C17H17N3O. The zero-order chi connectivity index (χ0) is 15.2. The van der Waals surface area contributed by atoms with Gasteiger partial charge in [-0.05, 0) is 42.3 Å². The molecule has 0 aromatic heterocycles. The van der Waals surface area contributed by atoms with E-state index in [9.17, 15) is 4.79 Å². The van der Waals surface area contributed by atoms with E-state index >= 15 is 0 Å². The number of aryl methyl sites for hydroxylation is 1. The molecule has 1 amide bonds. The van der Waals surface area contributed by atoms with Crippen LogP contribution in [-0.4, -0.2) is 13.0 Å². The molecule has 0 bridgehead atoms. The summed E-state index contributed by atoms with van der Waals surface area (Å²) in [5.41, 5.74) is 4.11. The van der Waals surface area contributed by atoms with Crippen LogP contribution in [0.1, 0.15) is 27.0 Å². The number of hydrogen-bond acceptors (Lipinski definition) is 3. The number of benzene rings is 2. The van der Waals surface area contributed by atoms with Gasteiger partial charge in [0.1, 0.15) is 0 Å². The lowest BCUT2D eigenvalue weighted by Crippen LogP contribution is -2.23. The topological polar surface area (TPSA) is 64.9 Å². The number of rotatable bonds is 4. The Morgan fingerprint density at radius 1 is 1.19 bits per heavy atom. The third-order valence-electron chi connectivity index (χ3n) is 3.23. The van der Waals surface area contributed by atoms with Crippen molar-refractivity contribution in [3.63, 3.8) is 0 Å². The molecule has 0 unspecified atom stereocenters. The van der Waals surface area contributed by atoms with Crippen molar-refractivity contribution in [3.05, 3.63) is 64.7 Å². The summed E-state index contributed by atoms with van der Waals surface area (Å²) in [5.74, 6) is -0.122. The minimum Gasteiger partial charge on any atom is -0.387 e. The van der Waals surface area contributed by atoms with Gasteiger partial charge in [0.2, 0.25) is 0 Å². The van der Waals surface area contributed by atoms with Crippen molar-refractivity contribution in [1.29, 1.82) is 5.26 Å². The Morgan fingerprint density at radius 2 is 1.90 bits per heavy atom. The van der Waals surface area contributed by atoms with Crippen LogP contribution in [0.5, 0.6) is 0 Å². The number of amides is 1. The van der Waals surface area contributed by atoms with E-state index in [0.717, 1.165) is 16.8 Å². The van der Waals surface area contributed by atoms with Crippen molar-refractivity contribution in [2.75, 3.05) is 12.4 Å². The highest BCUT2D eigenvalue weighted by molar-refractivity contribution is 5.99. The fourth-order valence-corrected chi connectivity index (χ4v) is 2.04. The van der Waals surface area contributed by atoms with E-state index in [0.29, 0.717) is 17.7 Å². The summed E-state index contributed by atoms with van der Waals surface area (Å²) < 4.78 is 0. The lowest BCUT2D eigenvalue weighted by molar-refractivity contribution is 0.0951. The Labute approximate surface area is 124 Å². The Kier molecular flexibility index (Phi) is 4.57. The van der Waals surface area contributed by atoms with Crippen LogP contribution < -0.4 is 10.6 Å². The maximum atomic E-state index is 12.2. The summed E-state index contributed by atoms with van der Waals surface area (Å²) in [5, 5.41) is 14.7. The first-order valence-corrected chi connectivity index (χ1v) is 6.69. The SMILES string of the molecule is CNc1cc(C)ccc1C(=O)NCc1ccc(C#N)cc1. The number of nitriles is 1. The molecule has 0 saturated carbocycles. The maximum absolute atomic E-state index is 12.2. The molecule has 2 aromatic carbocycles. The summed E-state index contributed by atoms with van der Waals surface area (Å²) in [6, 6.07) is 14.9. The van der Waals surface area contributed by atoms with E-state index in [-0.39, 0.29) is 5.91 Å².